The second-order valence-electron chi connectivity index (χ2n) is 4.22. The van der Waals surface area contributed by atoms with Crippen molar-refractivity contribution in [3.8, 4) is 0 Å². The van der Waals surface area contributed by atoms with Gasteiger partial charge in [-0.2, -0.15) is 0 Å². The standard InChI is InChI=1S/C11H23NO/c1-4-12-10-5-7-11(8-6-10)13-9(2)3/h9-12H,4-8H2,1-3H3. The third-order valence-corrected chi connectivity index (χ3v) is 2.63. The molecule has 1 aliphatic carbocycles. The summed E-state index contributed by atoms with van der Waals surface area (Å²) >= 11 is 0. The summed E-state index contributed by atoms with van der Waals surface area (Å²) in [5.74, 6) is 0. The van der Waals surface area contributed by atoms with Gasteiger partial charge in [-0.25, -0.2) is 0 Å². The van der Waals surface area contributed by atoms with Gasteiger partial charge in [0, 0.05) is 6.04 Å². The van der Waals surface area contributed by atoms with Gasteiger partial charge in [-0.15, -0.1) is 0 Å². The average molecular weight is 185 g/mol. The Morgan fingerprint density at radius 3 is 2.31 bits per heavy atom. The predicted molar refractivity (Wildman–Crippen MR) is 55.9 cm³/mol. The van der Waals surface area contributed by atoms with E-state index in [1.807, 2.05) is 0 Å². The van der Waals surface area contributed by atoms with Crippen LogP contribution in [0.1, 0.15) is 46.5 Å². The molecule has 0 aromatic rings. The van der Waals surface area contributed by atoms with Crippen molar-refractivity contribution in [3.63, 3.8) is 0 Å². The highest BCUT2D eigenvalue weighted by Gasteiger charge is 2.21. The van der Waals surface area contributed by atoms with Crippen LogP contribution in [0.25, 0.3) is 0 Å². The lowest BCUT2D eigenvalue weighted by Crippen LogP contribution is -2.35. The first kappa shape index (κ1) is 11.0. The topological polar surface area (TPSA) is 21.3 Å². The van der Waals surface area contributed by atoms with Gasteiger partial charge in [0.05, 0.1) is 12.2 Å². The van der Waals surface area contributed by atoms with Crippen LogP contribution >= 0.6 is 0 Å². The monoisotopic (exact) mass is 185 g/mol. The minimum Gasteiger partial charge on any atom is -0.376 e. The highest BCUT2D eigenvalue weighted by molar-refractivity contribution is 4.77. The maximum absolute atomic E-state index is 5.79. The van der Waals surface area contributed by atoms with E-state index in [1.165, 1.54) is 25.7 Å². The van der Waals surface area contributed by atoms with Crippen molar-refractivity contribution in [2.45, 2.75) is 64.7 Å². The van der Waals surface area contributed by atoms with Gasteiger partial charge >= 0.3 is 0 Å². The zero-order valence-electron chi connectivity index (χ0n) is 9.18. The minimum absolute atomic E-state index is 0.390. The smallest absolute Gasteiger partial charge is 0.0579 e. The molecule has 1 rings (SSSR count). The van der Waals surface area contributed by atoms with E-state index in [0.29, 0.717) is 12.2 Å². The number of hydrogen-bond donors (Lipinski definition) is 1. The summed E-state index contributed by atoms with van der Waals surface area (Å²) < 4.78 is 5.79. The molecule has 1 aliphatic rings. The molecule has 0 aromatic carbocycles. The van der Waals surface area contributed by atoms with Crippen LogP contribution in [0.4, 0.5) is 0 Å². The number of rotatable bonds is 4. The van der Waals surface area contributed by atoms with Gasteiger partial charge in [-0.1, -0.05) is 6.92 Å². The first-order chi connectivity index (χ1) is 6.22. The predicted octanol–water partition coefficient (Wildman–Crippen LogP) is 2.33. The third-order valence-electron chi connectivity index (χ3n) is 2.63. The van der Waals surface area contributed by atoms with E-state index in [4.69, 9.17) is 4.74 Å². The van der Waals surface area contributed by atoms with Crippen molar-refractivity contribution in [1.82, 2.24) is 5.32 Å². The fourth-order valence-electron chi connectivity index (χ4n) is 2.08. The van der Waals surface area contributed by atoms with E-state index in [9.17, 15) is 0 Å². The van der Waals surface area contributed by atoms with Crippen LogP contribution < -0.4 is 5.32 Å². The minimum atomic E-state index is 0.390. The van der Waals surface area contributed by atoms with Crippen molar-refractivity contribution in [2.75, 3.05) is 6.54 Å². The molecule has 0 atom stereocenters. The zero-order chi connectivity index (χ0) is 9.68. The highest BCUT2D eigenvalue weighted by atomic mass is 16.5. The summed E-state index contributed by atoms with van der Waals surface area (Å²) in [6.07, 6.45) is 5.94. The van der Waals surface area contributed by atoms with E-state index in [1.54, 1.807) is 0 Å². The van der Waals surface area contributed by atoms with Gasteiger partial charge in [-0.3, -0.25) is 0 Å². The lowest BCUT2D eigenvalue weighted by Gasteiger charge is -2.30. The normalized spacial score (nSPS) is 29.5. The molecule has 0 heterocycles. The van der Waals surface area contributed by atoms with Crippen molar-refractivity contribution >= 4 is 0 Å². The van der Waals surface area contributed by atoms with Gasteiger partial charge in [0.1, 0.15) is 0 Å². The van der Waals surface area contributed by atoms with Crippen molar-refractivity contribution in [1.29, 1.82) is 0 Å². The molecule has 0 bridgehead atoms. The Morgan fingerprint density at radius 2 is 1.85 bits per heavy atom. The lowest BCUT2D eigenvalue weighted by atomic mass is 9.93. The molecule has 0 unspecified atom stereocenters. The zero-order valence-corrected chi connectivity index (χ0v) is 9.18. The first-order valence-corrected chi connectivity index (χ1v) is 5.61. The third kappa shape index (κ3) is 4.10. The van der Waals surface area contributed by atoms with Crippen molar-refractivity contribution in [3.05, 3.63) is 0 Å². The maximum Gasteiger partial charge on any atom is 0.0579 e. The second-order valence-corrected chi connectivity index (χ2v) is 4.22. The van der Waals surface area contributed by atoms with Crippen molar-refractivity contribution in [2.24, 2.45) is 0 Å². The molecule has 78 valence electrons. The van der Waals surface area contributed by atoms with E-state index < -0.39 is 0 Å². The van der Waals surface area contributed by atoms with E-state index >= 15 is 0 Å². The van der Waals surface area contributed by atoms with E-state index in [0.717, 1.165) is 12.6 Å². The van der Waals surface area contributed by atoms with Gasteiger partial charge < -0.3 is 10.1 Å². The van der Waals surface area contributed by atoms with Crippen LogP contribution in [0.3, 0.4) is 0 Å². The van der Waals surface area contributed by atoms with E-state index in [2.05, 4.69) is 26.1 Å². The molecule has 0 saturated heterocycles. The average Bonchev–Trinajstić information content (AvgIpc) is 2.08. The van der Waals surface area contributed by atoms with Crippen LogP contribution in [0.15, 0.2) is 0 Å². The molecule has 1 saturated carbocycles. The molecular formula is C11H23NO. The van der Waals surface area contributed by atoms with E-state index in [-0.39, 0.29) is 0 Å². The summed E-state index contributed by atoms with van der Waals surface area (Å²) in [5, 5.41) is 3.50. The molecule has 1 fully saturated rings. The molecule has 2 nitrogen and oxygen atoms in total. The molecule has 0 radical (unpaired) electrons. The van der Waals surface area contributed by atoms with Gasteiger partial charge in [-0.05, 0) is 46.1 Å². The van der Waals surface area contributed by atoms with Gasteiger partial charge in [0.25, 0.3) is 0 Å². The molecule has 0 aromatic heterocycles. The molecule has 0 aliphatic heterocycles. The van der Waals surface area contributed by atoms with Gasteiger partial charge in [0.2, 0.25) is 0 Å². The van der Waals surface area contributed by atoms with Crippen LogP contribution in [0.5, 0.6) is 0 Å². The first-order valence-electron chi connectivity index (χ1n) is 5.61. The summed E-state index contributed by atoms with van der Waals surface area (Å²) in [4.78, 5) is 0. The van der Waals surface area contributed by atoms with Crippen LogP contribution in [0.2, 0.25) is 0 Å². The fraction of sp³-hybridized carbons (Fsp3) is 1.00. The summed E-state index contributed by atoms with van der Waals surface area (Å²) in [5.41, 5.74) is 0. The lowest BCUT2D eigenvalue weighted by molar-refractivity contribution is -0.0160. The number of ether oxygens (including phenoxy) is 1. The summed E-state index contributed by atoms with van der Waals surface area (Å²) in [6.45, 7) is 7.52. The Labute approximate surface area is 82.0 Å². The Kier molecular flexibility index (Phi) is 4.74. The Bertz CT molecular complexity index is 128. The molecule has 13 heavy (non-hydrogen) atoms. The summed E-state index contributed by atoms with van der Waals surface area (Å²) in [7, 11) is 0. The summed E-state index contributed by atoms with van der Waals surface area (Å²) in [6, 6.07) is 0.747. The quantitative estimate of drug-likeness (QED) is 0.726. The van der Waals surface area contributed by atoms with Crippen LogP contribution in [0, 0.1) is 0 Å². The molecular weight excluding hydrogens is 162 g/mol. The Morgan fingerprint density at radius 1 is 1.23 bits per heavy atom. The van der Waals surface area contributed by atoms with Crippen LogP contribution in [-0.2, 0) is 4.74 Å². The van der Waals surface area contributed by atoms with Crippen molar-refractivity contribution < 1.29 is 4.74 Å². The highest BCUT2D eigenvalue weighted by Crippen LogP contribution is 2.21. The van der Waals surface area contributed by atoms with Crippen LogP contribution in [-0.4, -0.2) is 24.8 Å². The molecule has 0 amide bonds. The number of hydrogen-bond acceptors (Lipinski definition) is 2. The second kappa shape index (κ2) is 5.61. The SMILES string of the molecule is CCNC1CCC(OC(C)C)CC1. The molecule has 2 heteroatoms. The largest absolute Gasteiger partial charge is 0.376 e. The maximum atomic E-state index is 5.79. The number of nitrogens with one attached hydrogen (secondary N) is 1. The molecule has 1 N–H and O–H groups in total. The Balaban J connectivity index is 2.15. The fourth-order valence-corrected chi connectivity index (χ4v) is 2.08. The molecule has 0 spiro atoms. The Hall–Kier alpha value is -0.0800. The van der Waals surface area contributed by atoms with Gasteiger partial charge in [0.15, 0.2) is 0 Å².